The van der Waals surface area contributed by atoms with Gasteiger partial charge in [0.25, 0.3) is 0 Å². The van der Waals surface area contributed by atoms with Gasteiger partial charge in [-0.2, -0.15) is 0 Å². The van der Waals surface area contributed by atoms with Crippen molar-refractivity contribution in [1.82, 2.24) is 0 Å². The van der Waals surface area contributed by atoms with Crippen molar-refractivity contribution in [1.29, 1.82) is 0 Å². The van der Waals surface area contributed by atoms with Gasteiger partial charge < -0.3 is 9.84 Å². The van der Waals surface area contributed by atoms with Gasteiger partial charge in [0.05, 0.1) is 6.61 Å². The molecule has 0 heterocycles. The van der Waals surface area contributed by atoms with Gasteiger partial charge in [0, 0.05) is 10.0 Å². The maximum Gasteiger partial charge on any atom is 0.134 e. The summed E-state index contributed by atoms with van der Waals surface area (Å²) in [7, 11) is 0. The zero-order valence-corrected chi connectivity index (χ0v) is 11.4. The molecule has 2 rings (SSSR count). The lowest BCUT2D eigenvalue weighted by molar-refractivity contribution is 0.276. The summed E-state index contributed by atoms with van der Waals surface area (Å²) in [6.07, 6.45) is 0. The van der Waals surface area contributed by atoms with Crippen LogP contribution in [-0.4, -0.2) is 5.11 Å². The Morgan fingerprint density at radius 2 is 2.00 bits per heavy atom. The van der Waals surface area contributed by atoms with Crippen LogP contribution in [0, 0.1) is 12.7 Å². The monoisotopic (exact) mass is 310 g/mol. The van der Waals surface area contributed by atoms with Crippen LogP contribution in [0.4, 0.5) is 4.39 Å². The second kappa shape index (κ2) is 5.50. The van der Waals surface area contributed by atoms with Crippen LogP contribution in [0.3, 0.4) is 0 Å². The van der Waals surface area contributed by atoms with Gasteiger partial charge in [-0.1, -0.05) is 22.0 Å². The molecule has 0 fully saturated rings. The summed E-state index contributed by atoms with van der Waals surface area (Å²) in [5.74, 6) is 0.832. The summed E-state index contributed by atoms with van der Waals surface area (Å²) < 4.78 is 19.7. The molecule has 0 aromatic heterocycles. The zero-order chi connectivity index (χ0) is 13.1. The summed E-state index contributed by atoms with van der Waals surface area (Å²) in [5.41, 5.74) is 1.20. The lowest BCUT2D eigenvalue weighted by Gasteiger charge is -2.11. The Balaban J connectivity index is 2.33. The van der Waals surface area contributed by atoms with Crippen molar-refractivity contribution in [3.63, 3.8) is 0 Å². The fourth-order valence-corrected chi connectivity index (χ4v) is 1.90. The Labute approximate surface area is 113 Å². The minimum Gasteiger partial charge on any atom is -0.457 e. The van der Waals surface area contributed by atoms with E-state index in [9.17, 15) is 9.50 Å². The molecule has 4 heteroatoms. The molecule has 0 aliphatic carbocycles. The summed E-state index contributed by atoms with van der Waals surface area (Å²) >= 11 is 3.34. The maximum atomic E-state index is 13.1. The van der Waals surface area contributed by atoms with Gasteiger partial charge in [0.2, 0.25) is 0 Å². The number of aliphatic hydroxyl groups excluding tert-OH is 1. The average molecular weight is 311 g/mol. The fraction of sp³-hybridized carbons (Fsp3) is 0.143. The Morgan fingerprint density at radius 1 is 1.22 bits per heavy atom. The highest BCUT2D eigenvalue weighted by Crippen LogP contribution is 2.29. The molecule has 0 spiro atoms. The van der Waals surface area contributed by atoms with Gasteiger partial charge in [-0.05, 0) is 42.8 Å². The summed E-state index contributed by atoms with van der Waals surface area (Å²) in [5, 5.41) is 9.23. The van der Waals surface area contributed by atoms with E-state index in [1.807, 2.05) is 6.07 Å². The molecular weight excluding hydrogens is 299 g/mol. The molecule has 2 aromatic rings. The average Bonchev–Trinajstić information content (AvgIpc) is 2.34. The van der Waals surface area contributed by atoms with Gasteiger partial charge >= 0.3 is 0 Å². The van der Waals surface area contributed by atoms with E-state index >= 15 is 0 Å². The first-order chi connectivity index (χ1) is 8.60. The molecule has 1 N–H and O–H groups in total. The number of aryl methyl sites for hydroxylation is 1. The Kier molecular flexibility index (Phi) is 3.99. The third kappa shape index (κ3) is 2.89. The topological polar surface area (TPSA) is 29.5 Å². The zero-order valence-electron chi connectivity index (χ0n) is 9.78. The molecule has 94 valence electrons. The van der Waals surface area contributed by atoms with E-state index in [4.69, 9.17) is 4.74 Å². The van der Waals surface area contributed by atoms with Crippen LogP contribution in [0.2, 0.25) is 0 Å². The number of halogens is 2. The second-order valence-corrected chi connectivity index (χ2v) is 4.84. The lowest BCUT2D eigenvalue weighted by atomic mass is 10.2. The molecule has 2 aromatic carbocycles. The van der Waals surface area contributed by atoms with Crippen molar-refractivity contribution in [2.45, 2.75) is 13.5 Å². The molecule has 0 saturated carbocycles. The van der Waals surface area contributed by atoms with Gasteiger partial charge in [0.1, 0.15) is 17.3 Å². The largest absolute Gasteiger partial charge is 0.457 e. The van der Waals surface area contributed by atoms with Crippen molar-refractivity contribution in [2.24, 2.45) is 0 Å². The maximum absolute atomic E-state index is 13.1. The highest BCUT2D eigenvalue weighted by atomic mass is 79.9. The number of hydrogen-bond donors (Lipinski definition) is 1. The van der Waals surface area contributed by atoms with Gasteiger partial charge in [0.15, 0.2) is 0 Å². The first kappa shape index (κ1) is 13.1. The van der Waals surface area contributed by atoms with Gasteiger partial charge in [-0.3, -0.25) is 0 Å². The van der Waals surface area contributed by atoms with Crippen LogP contribution < -0.4 is 4.74 Å². The highest BCUT2D eigenvalue weighted by molar-refractivity contribution is 9.10. The van der Waals surface area contributed by atoms with E-state index in [1.165, 1.54) is 6.07 Å². The van der Waals surface area contributed by atoms with Crippen LogP contribution in [0.15, 0.2) is 40.9 Å². The van der Waals surface area contributed by atoms with E-state index in [0.717, 1.165) is 4.47 Å². The molecule has 0 saturated heterocycles. The SMILES string of the molecule is Cc1cc(Oc2cc(Br)ccc2CO)ccc1F. The standard InChI is InChI=1S/C14H12BrFO2/c1-9-6-12(4-5-13(9)16)18-14-7-11(15)3-2-10(14)8-17/h2-7,17H,8H2,1H3. The highest BCUT2D eigenvalue weighted by Gasteiger charge is 2.06. The Morgan fingerprint density at radius 3 is 2.67 bits per heavy atom. The van der Waals surface area contributed by atoms with Crippen molar-refractivity contribution in [2.75, 3.05) is 0 Å². The molecule has 0 unspecified atom stereocenters. The summed E-state index contributed by atoms with van der Waals surface area (Å²) in [4.78, 5) is 0. The number of ether oxygens (including phenoxy) is 1. The smallest absolute Gasteiger partial charge is 0.134 e. The first-order valence-electron chi connectivity index (χ1n) is 5.43. The fourth-order valence-electron chi connectivity index (χ4n) is 1.56. The molecule has 0 amide bonds. The third-order valence-electron chi connectivity index (χ3n) is 2.56. The van der Waals surface area contributed by atoms with E-state index in [0.29, 0.717) is 22.6 Å². The third-order valence-corrected chi connectivity index (χ3v) is 3.05. The molecule has 2 nitrogen and oxygen atoms in total. The summed E-state index contributed by atoms with van der Waals surface area (Å²) in [6, 6.07) is 9.91. The van der Waals surface area contributed by atoms with Crippen LogP contribution in [0.1, 0.15) is 11.1 Å². The van der Waals surface area contributed by atoms with Gasteiger partial charge in [-0.25, -0.2) is 4.39 Å². The van der Waals surface area contributed by atoms with E-state index < -0.39 is 0 Å². The number of benzene rings is 2. The molecule has 0 aliphatic heterocycles. The number of rotatable bonds is 3. The van der Waals surface area contributed by atoms with Gasteiger partial charge in [-0.15, -0.1) is 0 Å². The van der Waals surface area contributed by atoms with E-state index in [-0.39, 0.29) is 12.4 Å². The molecule has 0 radical (unpaired) electrons. The van der Waals surface area contributed by atoms with Crippen LogP contribution in [0.5, 0.6) is 11.5 Å². The van der Waals surface area contributed by atoms with Crippen LogP contribution in [-0.2, 0) is 6.61 Å². The van der Waals surface area contributed by atoms with E-state index in [1.54, 1.807) is 31.2 Å². The van der Waals surface area contributed by atoms with Crippen LogP contribution in [0.25, 0.3) is 0 Å². The predicted octanol–water partition coefficient (Wildman–Crippen LogP) is 4.18. The Bertz CT molecular complexity index is 570. The van der Waals surface area contributed by atoms with Crippen molar-refractivity contribution >= 4 is 15.9 Å². The minimum absolute atomic E-state index is 0.108. The first-order valence-corrected chi connectivity index (χ1v) is 6.23. The lowest BCUT2D eigenvalue weighted by Crippen LogP contribution is -1.93. The van der Waals surface area contributed by atoms with Crippen molar-refractivity contribution in [3.8, 4) is 11.5 Å². The van der Waals surface area contributed by atoms with E-state index in [2.05, 4.69) is 15.9 Å². The normalized spacial score (nSPS) is 10.4. The summed E-state index contributed by atoms with van der Waals surface area (Å²) in [6.45, 7) is 1.57. The minimum atomic E-state index is -0.265. The number of hydrogen-bond acceptors (Lipinski definition) is 2. The Hall–Kier alpha value is -1.39. The second-order valence-electron chi connectivity index (χ2n) is 3.92. The molecule has 0 aliphatic rings. The van der Waals surface area contributed by atoms with Crippen molar-refractivity contribution in [3.05, 3.63) is 57.8 Å². The molecule has 0 atom stereocenters. The molecular formula is C14H12BrFO2. The van der Waals surface area contributed by atoms with Crippen LogP contribution >= 0.6 is 15.9 Å². The molecule has 18 heavy (non-hydrogen) atoms. The predicted molar refractivity (Wildman–Crippen MR) is 71.3 cm³/mol. The van der Waals surface area contributed by atoms with Crippen molar-refractivity contribution < 1.29 is 14.2 Å². The number of aliphatic hydroxyl groups is 1. The molecule has 0 bridgehead atoms. The quantitative estimate of drug-likeness (QED) is 0.921.